The van der Waals surface area contributed by atoms with Crippen LogP contribution < -0.4 is 0 Å². The molecule has 0 saturated heterocycles. The van der Waals surface area contributed by atoms with Crippen LogP contribution in [0.1, 0.15) is 89.5 Å². The first-order valence-corrected chi connectivity index (χ1v) is 14.1. The molecule has 160 valence electrons. The van der Waals surface area contributed by atoms with E-state index in [2.05, 4.69) is 103 Å². The Morgan fingerprint density at radius 2 is 1.08 bits per heavy atom. The zero-order valence-corrected chi connectivity index (χ0v) is 22.1. The van der Waals surface area contributed by atoms with E-state index in [4.69, 9.17) is 4.74 Å². The van der Waals surface area contributed by atoms with Crippen molar-refractivity contribution in [1.29, 1.82) is 0 Å². The predicted octanol–water partition coefficient (Wildman–Crippen LogP) is 7.57. The van der Waals surface area contributed by atoms with Crippen LogP contribution in [0.2, 0.25) is 0 Å². The van der Waals surface area contributed by atoms with E-state index in [-0.39, 0.29) is 21.4 Å². The van der Waals surface area contributed by atoms with Gasteiger partial charge in [0.15, 0.2) is 0 Å². The first-order chi connectivity index (χ1) is 11.1. The van der Waals surface area contributed by atoms with Gasteiger partial charge in [0, 0.05) is 0 Å². The SMILES string of the molecule is CC(C)(C)CC(COCC(C(C)(C)C)(C(C)(C)C)[PH](C)(C)C)C(C)(C)C. The molecule has 0 aromatic carbocycles. The van der Waals surface area contributed by atoms with E-state index in [0.29, 0.717) is 11.3 Å². The van der Waals surface area contributed by atoms with Crippen LogP contribution in [0.15, 0.2) is 0 Å². The van der Waals surface area contributed by atoms with Crippen LogP contribution in [0.3, 0.4) is 0 Å². The summed E-state index contributed by atoms with van der Waals surface area (Å²) in [7, 11) is -1.50. The molecule has 0 aliphatic heterocycles. The quantitative estimate of drug-likeness (QED) is 0.426. The van der Waals surface area contributed by atoms with E-state index in [0.717, 1.165) is 13.2 Å². The van der Waals surface area contributed by atoms with Gasteiger partial charge in [-0.05, 0) is 0 Å². The van der Waals surface area contributed by atoms with Gasteiger partial charge >= 0.3 is 167 Å². The fraction of sp³-hybridized carbons (Fsp3) is 1.00. The van der Waals surface area contributed by atoms with Crippen molar-refractivity contribution in [2.75, 3.05) is 33.2 Å². The molecule has 1 unspecified atom stereocenters. The fourth-order valence-corrected chi connectivity index (χ4v) is 10.8. The van der Waals surface area contributed by atoms with E-state index in [9.17, 15) is 0 Å². The zero-order chi connectivity index (χ0) is 21.4. The van der Waals surface area contributed by atoms with Gasteiger partial charge in [0.2, 0.25) is 0 Å². The van der Waals surface area contributed by atoms with Crippen molar-refractivity contribution < 1.29 is 4.74 Å². The molecule has 2 heteroatoms. The molecule has 26 heavy (non-hydrogen) atoms. The molecule has 0 bridgehead atoms. The molecule has 0 aliphatic rings. The van der Waals surface area contributed by atoms with Gasteiger partial charge in [0.1, 0.15) is 0 Å². The molecule has 0 saturated carbocycles. The summed E-state index contributed by atoms with van der Waals surface area (Å²) in [5.74, 6) is 0.585. The Morgan fingerprint density at radius 1 is 0.692 bits per heavy atom. The molecular formula is C24H53OP. The summed E-state index contributed by atoms with van der Waals surface area (Å²) < 4.78 is 6.65. The maximum atomic E-state index is 6.65. The molecule has 0 aromatic heterocycles. The van der Waals surface area contributed by atoms with E-state index < -0.39 is 7.26 Å². The second-order valence-electron chi connectivity index (χ2n) is 14.0. The predicted molar refractivity (Wildman–Crippen MR) is 126 cm³/mol. The number of ether oxygens (including phenoxy) is 1. The molecular weight excluding hydrogens is 335 g/mol. The summed E-state index contributed by atoms with van der Waals surface area (Å²) in [6.07, 6.45) is 1.21. The summed E-state index contributed by atoms with van der Waals surface area (Å²) in [5, 5.41) is 0.219. The second-order valence-corrected chi connectivity index (χ2v) is 19.4. The van der Waals surface area contributed by atoms with Crippen LogP contribution in [0, 0.1) is 27.6 Å². The van der Waals surface area contributed by atoms with Gasteiger partial charge < -0.3 is 0 Å². The molecule has 0 aliphatic carbocycles. The summed E-state index contributed by atoms with van der Waals surface area (Å²) in [5.41, 5.74) is 1.05. The van der Waals surface area contributed by atoms with E-state index >= 15 is 0 Å². The standard InChI is InChI=1S/C24H53OP/c1-20(2,3)16-19(21(4,5)6)17-25-18-24(22(7,8)9,23(10,11)12)26(13,14)15/h19,26H,16-18H2,1-15H3. The third-order valence-corrected chi connectivity index (χ3v) is 10.8. The van der Waals surface area contributed by atoms with Gasteiger partial charge in [-0.1, -0.05) is 0 Å². The van der Waals surface area contributed by atoms with Gasteiger partial charge in [0.05, 0.1) is 0 Å². The van der Waals surface area contributed by atoms with Crippen molar-refractivity contribution in [1.82, 2.24) is 0 Å². The molecule has 1 nitrogen and oxygen atoms in total. The van der Waals surface area contributed by atoms with Gasteiger partial charge in [-0.2, -0.15) is 0 Å². The van der Waals surface area contributed by atoms with Gasteiger partial charge in [0.25, 0.3) is 0 Å². The van der Waals surface area contributed by atoms with Crippen LogP contribution in [0.5, 0.6) is 0 Å². The number of hydrogen-bond donors (Lipinski definition) is 0. The molecule has 0 fully saturated rings. The zero-order valence-electron chi connectivity index (χ0n) is 21.1. The fourth-order valence-electron chi connectivity index (χ4n) is 5.73. The number of hydrogen-bond acceptors (Lipinski definition) is 1. The van der Waals surface area contributed by atoms with Crippen LogP contribution in [0.4, 0.5) is 0 Å². The first-order valence-electron chi connectivity index (χ1n) is 10.6. The average Bonchev–Trinajstić information content (AvgIpc) is 2.24. The summed E-state index contributed by atoms with van der Waals surface area (Å²) >= 11 is 0. The Labute approximate surface area is 167 Å². The van der Waals surface area contributed by atoms with Crippen LogP contribution >= 0.6 is 7.26 Å². The summed E-state index contributed by atoms with van der Waals surface area (Å²) in [6, 6.07) is 0. The maximum absolute atomic E-state index is 6.65. The van der Waals surface area contributed by atoms with Crippen molar-refractivity contribution in [3.63, 3.8) is 0 Å². The molecule has 0 amide bonds. The van der Waals surface area contributed by atoms with Crippen molar-refractivity contribution in [3.8, 4) is 0 Å². The first kappa shape index (κ1) is 26.4. The van der Waals surface area contributed by atoms with Crippen molar-refractivity contribution in [3.05, 3.63) is 0 Å². The van der Waals surface area contributed by atoms with Gasteiger partial charge in [-0.15, -0.1) is 0 Å². The monoisotopic (exact) mass is 388 g/mol. The number of rotatable bonds is 6. The van der Waals surface area contributed by atoms with Crippen LogP contribution in [-0.2, 0) is 4.74 Å². The second kappa shape index (κ2) is 8.02. The van der Waals surface area contributed by atoms with Crippen molar-refractivity contribution in [2.45, 2.75) is 94.7 Å². The third kappa shape index (κ3) is 6.48. The van der Waals surface area contributed by atoms with Crippen LogP contribution in [0.25, 0.3) is 0 Å². The molecule has 0 radical (unpaired) electrons. The molecule has 1 atom stereocenters. The molecule has 0 heterocycles. The van der Waals surface area contributed by atoms with Gasteiger partial charge in [-0.25, -0.2) is 0 Å². The summed E-state index contributed by atoms with van der Waals surface area (Å²) in [6.45, 7) is 38.1. The minimum absolute atomic E-state index is 0.219. The van der Waals surface area contributed by atoms with E-state index in [1.54, 1.807) is 0 Å². The third-order valence-electron chi connectivity index (χ3n) is 6.56. The Morgan fingerprint density at radius 3 is 1.31 bits per heavy atom. The Hall–Kier alpha value is 0.390. The normalized spacial score (nSPS) is 17.3. The van der Waals surface area contributed by atoms with E-state index in [1.807, 2.05) is 0 Å². The summed E-state index contributed by atoms with van der Waals surface area (Å²) in [4.78, 5) is 0. The Kier molecular flexibility index (Phi) is 8.14. The Bertz CT molecular complexity index is 393. The van der Waals surface area contributed by atoms with E-state index in [1.165, 1.54) is 6.42 Å². The Balaban J connectivity index is 5.65. The topological polar surface area (TPSA) is 9.23 Å². The van der Waals surface area contributed by atoms with Crippen molar-refractivity contribution >= 4 is 7.26 Å². The minimum atomic E-state index is -1.50. The van der Waals surface area contributed by atoms with Crippen LogP contribution in [-0.4, -0.2) is 38.4 Å². The molecule has 0 rings (SSSR count). The average molecular weight is 389 g/mol. The molecule has 0 spiro atoms. The van der Waals surface area contributed by atoms with Gasteiger partial charge in [-0.3, -0.25) is 0 Å². The molecule has 0 N–H and O–H groups in total. The molecule has 0 aromatic rings. The van der Waals surface area contributed by atoms with Crippen molar-refractivity contribution in [2.24, 2.45) is 27.6 Å².